The van der Waals surface area contributed by atoms with E-state index in [2.05, 4.69) is 36.2 Å². The van der Waals surface area contributed by atoms with Gasteiger partial charge < -0.3 is 28.0 Å². The molecule has 0 amide bonds. The summed E-state index contributed by atoms with van der Waals surface area (Å²) < 4.78 is 51.3. The molecule has 1 saturated heterocycles. The second kappa shape index (κ2) is 15.9. The van der Waals surface area contributed by atoms with Crippen LogP contribution in [-0.2, 0) is 35.1 Å². The molecule has 1 aliphatic rings. The number of aryl methyl sites for hydroxylation is 2. The van der Waals surface area contributed by atoms with Gasteiger partial charge >= 0.3 is 13.3 Å². The summed E-state index contributed by atoms with van der Waals surface area (Å²) in [7, 11) is -0.323. The van der Waals surface area contributed by atoms with Crippen molar-refractivity contribution >= 4 is 7.60 Å². The van der Waals surface area contributed by atoms with Crippen LogP contribution in [0.25, 0.3) is 0 Å². The van der Waals surface area contributed by atoms with Crippen molar-refractivity contribution in [2.24, 2.45) is 0 Å². The van der Waals surface area contributed by atoms with Crippen molar-refractivity contribution < 1.29 is 32.6 Å². The zero-order chi connectivity index (χ0) is 36.1. The summed E-state index contributed by atoms with van der Waals surface area (Å²) in [4.78, 5) is 27.4. The molecule has 3 aromatic carbocycles. The fourth-order valence-electron chi connectivity index (χ4n) is 6.39. The molecule has 2 heterocycles. The van der Waals surface area contributed by atoms with Crippen LogP contribution < -0.4 is 20.7 Å². The third-order valence-corrected chi connectivity index (χ3v) is 10.2. The van der Waals surface area contributed by atoms with Gasteiger partial charge in [0.2, 0.25) is 0 Å². The Kier molecular flexibility index (Phi) is 11.9. The van der Waals surface area contributed by atoms with Crippen molar-refractivity contribution in [2.75, 3.05) is 27.5 Å². The van der Waals surface area contributed by atoms with Gasteiger partial charge in [0, 0.05) is 24.8 Å². The van der Waals surface area contributed by atoms with Gasteiger partial charge in [-0.1, -0.05) is 61.9 Å². The van der Waals surface area contributed by atoms with E-state index >= 15 is 0 Å². The summed E-state index contributed by atoms with van der Waals surface area (Å²) in [6, 6.07) is 23.8. The number of aromatic nitrogens is 2. The maximum atomic E-state index is 13.5. The van der Waals surface area contributed by atoms with E-state index in [0.29, 0.717) is 17.1 Å². The quantitative estimate of drug-likeness (QED) is 0.106. The Balaban J connectivity index is 1.61. The Labute approximate surface area is 293 Å². The summed E-state index contributed by atoms with van der Waals surface area (Å²) in [6.07, 6.45) is 0.802. The fourth-order valence-corrected chi connectivity index (χ4v) is 7.92. The molecule has 1 unspecified atom stereocenters. The van der Waals surface area contributed by atoms with Crippen LogP contribution in [-0.4, -0.2) is 55.4 Å². The molecule has 1 N–H and O–H groups in total. The Hall–Kier alpha value is -3.99. The van der Waals surface area contributed by atoms with Crippen LogP contribution in [0.5, 0.6) is 11.5 Å². The highest BCUT2D eigenvalue weighted by Gasteiger charge is 2.45. The van der Waals surface area contributed by atoms with E-state index in [1.165, 1.54) is 23.0 Å². The number of hydrogen-bond donors (Lipinski definition) is 1. The Morgan fingerprint density at radius 2 is 1.46 bits per heavy atom. The third-order valence-electron chi connectivity index (χ3n) is 8.72. The fraction of sp³-hybridized carbons (Fsp3) is 0.421. The minimum atomic E-state index is -3.56. The number of H-pyrrole nitrogens is 1. The van der Waals surface area contributed by atoms with Gasteiger partial charge in [0.15, 0.2) is 0 Å². The monoisotopic (exact) mass is 706 g/mol. The first kappa shape index (κ1) is 37.3. The topological polar surface area (TPSA) is 127 Å². The lowest BCUT2D eigenvalue weighted by molar-refractivity contribution is -0.0927. The van der Waals surface area contributed by atoms with Crippen LogP contribution in [0.2, 0.25) is 0 Å². The maximum absolute atomic E-state index is 13.5. The number of nitrogens with one attached hydrogen (secondary N) is 1. The van der Waals surface area contributed by atoms with Crippen LogP contribution in [0, 0.1) is 6.92 Å². The standard InChI is InChI=1S/C38H47N2O9P/c1-8-9-27-10-12-28(13-11-27)38(29-14-18-31(44-5)19-15-29,30-16-20-32(45-6)21-17-30)46-24-34-33(49-50(7,43)48-25(2)3)22-35(47-34)40-23-26(4)36(41)39-37(40)42/h10-21,23,25,33-35H,8-9,22,24H2,1-7H3,(H,39,41,42)/t33-,34-,35-,50?/m1/s1. The molecule has 1 fully saturated rings. The highest BCUT2D eigenvalue weighted by atomic mass is 31.2. The van der Waals surface area contributed by atoms with Gasteiger partial charge in [0.1, 0.15) is 29.4 Å². The molecule has 0 aliphatic carbocycles. The van der Waals surface area contributed by atoms with E-state index in [4.69, 9.17) is 28.0 Å². The van der Waals surface area contributed by atoms with Gasteiger partial charge in [-0.3, -0.25) is 18.9 Å². The lowest BCUT2D eigenvalue weighted by Gasteiger charge is -2.37. The van der Waals surface area contributed by atoms with E-state index in [1.54, 1.807) is 35.0 Å². The number of ether oxygens (including phenoxy) is 4. The van der Waals surface area contributed by atoms with Crippen molar-refractivity contribution in [3.8, 4) is 11.5 Å². The average Bonchev–Trinajstić information content (AvgIpc) is 3.48. The summed E-state index contributed by atoms with van der Waals surface area (Å²) in [5.41, 5.74) is 1.82. The van der Waals surface area contributed by atoms with Gasteiger partial charge in [-0.25, -0.2) is 4.79 Å². The molecule has 0 radical (unpaired) electrons. The summed E-state index contributed by atoms with van der Waals surface area (Å²) in [6.45, 7) is 8.70. The lowest BCUT2D eigenvalue weighted by Crippen LogP contribution is -2.38. The minimum absolute atomic E-state index is 0.0330. The average molecular weight is 707 g/mol. The van der Waals surface area contributed by atoms with E-state index in [-0.39, 0.29) is 19.1 Å². The van der Waals surface area contributed by atoms with E-state index in [9.17, 15) is 14.2 Å². The highest BCUT2D eigenvalue weighted by Crippen LogP contribution is 2.50. The van der Waals surface area contributed by atoms with Gasteiger partial charge in [-0.2, -0.15) is 0 Å². The molecule has 4 atom stereocenters. The zero-order valence-corrected chi connectivity index (χ0v) is 30.6. The minimum Gasteiger partial charge on any atom is -0.497 e. The van der Waals surface area contributed by atoms with Crippen molar-refractivity contribution in [3.05, 3.63) is 128 Å². The summed E-state index contributed by atoms with van der Waals surface area (Å²) in [5.74, 6) is 1.38. The lowest BCUT2D eigenvalue weighted by atomic mass is 9.79. The predicted octanol–water partition coefficient (Wildman–Crippen LogP) is 6.74. The van der Waals surface area contributed by atoms with Gasteiger partial charge in [-0.05, 0) is 73.7 Å². The molecular formula is C38H47N2O9P. The third kappa shape index (κ3) is 8.30. The van der Waals surface area contributed by atoms with E-state index < -0.39 is 42.9 Å². The normalized spacial score (nSPS) is 19.0. The van der Waals surface area contributed by atoms with Crippen LogP contribution in [0.3, 0.4) is 0 Å². The molecule has 0 saturated carbocycles. The Bertz CT molecular complexity index is 1840. The van der Waals surface area contributed by atoms with Crippen LogP contribution in [0.1, 0.15) is 67.7 Å². The number of benzene rings is 3. The first-order valence-corrected chi connectivity index (χ1v) is 18.8. The van der Waals surface area contributed by atoms with Crippen LogP contribution in [0.15, 0.2) is 88.6 Å². The maximum Gasteiger partial charge on any atom is 0.330 e. The van der Waals surface area contributed by atoms with E-state index in [0.717, 1.165) is 29.5 Å². The van der Waals surface area contributed by atoms with Crippen LogP contribution >= 0.6 is 7.60 Å². The SMILES string of the molecule is CCCc1ccc(C(OC[C@H]2O[C@@H](n3cc(C)c(=O)[nH]c3=O)C[C@H]2OP(C)(=O)OC(C)C)(c2ccc(OC)cc2)c2ccc(OC)cc2)cc1. The molecule has 1 aliphatic heterocycles. The summed E-state index contributed by atoms with van der Waals surface area (Å²) >= 11 is 0. The molecule has 268 valence electrons. The first-order chi connectivity index (χ1) is 23.9. The van der Waals surface area contributed by atoms with Crippen LogP contribution in [0.4, 0.5) is 0 Å². The second-order valence-electron chi connectivity index (χ2n) is 12.8. The van der Waals surface area contributed by atoms with Crippen molar-refractivity contribution in [1.29, 1.82) is 0 Å². The number of rotatable bonds is 15. The molecule has 0 spiro atoms. The molecule has 50 heavy (non-hydrogen) atoms. The molecule has 11 nitrogen and oxygen atoms in total. The number of hydrogen-bond acceptors (Lipinski definition) is 9. The van der Waals surface area contributed by atoms with Crippen molar-refractivity contribution in [3.63, 3.8) is 0 Å². The van der Waals surface area contributed by atoms with Gasteiger partial charge in [0.25, 0.3) is 5.56 Å². The smallest absolute Gasteiger partial charge is 0.330 e. The largest absolute Gasteiger partial charge is 0.497 e. The zero-order valence-electron chi connectivity index (χ0n) is 29.7. The molecule has 0 bridgehead atoms. The van der Waals surface area contributed by atoms with E-state index in [1.807, 2.05) is 48.5 Å². The Morgan fingerprint density at radius 1 is 0.920 bits per heavy atom. The number of methoxy groups -OCH3 is 2. The molecule has 12 heteroatoms. The second-order valence-corrected chi connectivity index (χ2v) is 14.8. The van der Waals surface area contributed by atoms with Gasteiger partial charge in [-0.15, -0.1) is 0 Å². The van der Waals surface area contributed by atoms with Crippen molar-refractivity contribution in [1.82, 2.24) is 9.55 Å². The predicted molar refractivity (Wildman–Crippen MR) is 191 cm³/mol. The molecule has 1 aromatic heterocycles. The first-order valence-electron chi connectivity index (χ1n) is 16.8. The molecule has 4 aromatic rings. The highest BCUT2D eigenvalue weighted by molar-refractivity contribution is 7.53. The number of aromatic amines is 1. The summed E-state index contributed by atoms with van der Waals surface area (Å²) in [5, 5.41) is 0. The van der Waals surface area contributed by atoms with Crippen molar-refractivity contribution in [2.45, 2.75) is 77.1 Å². The van der Waals surface area contributed by atoms with Gasteiger partial charge in [0.05, 0.1) is 33.0 Å². The number of nitrogens with zero attached hydrogens (tertiary/aromatic N) is 1. The Morgan fingerprint density at radius 3 is 1.96 bits per heavy atom. The molecule has 5 rings (SSSR count). The molecular weight excluding hydrogens is 659 g/mol.